The van der Waals surface area contributed by atoms with E-state index in [1.807, 2.05) is 0 Å². The van der Waals surface area contributed by atoms with Gasteiger partial charge in [0.25, 0.3) is 0 Å². The Morgan fingerprint density at radius 3 is 2.15 bits per heavy atom. The highest BCUT2D eigenvalue weighted by molar-refractivity contribution is 4.67. The summed E-state index contributed by atoms with van der Waals surface area (Å²) in [6, 6.07) is -0.0741. The number of halogens is 3. The van der Waals surface area contributed by atoms with Gasteiger partial charge in [-0.3, -0.25) is 4.90 Å². The summed E-state index contributed by atoms with van der Waals surface area (Å²) in [5, 5.41) is 2.83. The average Bonchev–Trinajstić information content (AvgIpc) is 1.95. The Balaban J connectivity index is 3.95. The van der Waals surface area contributed by atoms with Crippen LogP contribution in [0, 0.1) is 0 Å². The molecule has 0 amide bonds. The molecule has 80 valence electrons. The molecule has 0 unspecified atom stereocenters. The van der Waals surface area contributed by atoms with E-state index in [2.05, 4.69) is 5.32 Å². The van der Waals surface area contributed by atoms with Crippen molar-refractivity contribution in [2.75, 3.05) is 26.7 Å². The first kappa shape index (κ1) is 12.7. The highest BCUT2D eigenvalue weighted by atomic mass is 19.4. The minimum atomic E-state index is -4.10. The van der Waals surface area contributed by atoms with Crippen LogP contribution in [0.3, 0.4) is 0 Å². The summed E-state index contributed by atoms with van der Waals surface area (Å²) in [5.74, 6) is 0. The molecule has 0 aromatic heterocycles. The molecule has 13 heavy (non-hydrogen) atoms. The molecule has 0 aromatic rings. The number of rotatable bonds is 5. The lowest BCUT2D eigenvalue weighted by atomic mass is 10.3. The lowest BCUT2D eigenvalue weighted by molar-refractivity contribution is -0.149. The first-order valence-electron chi connectivity index (χ1n) is 4.32. The number of hydrogen-bond acceptors (Lipinski definition) is 2. The molecule has 0 fully saturated rings. The average molecular weight is 198 g/mol. The molecular formula is C8H17F3N2. The monoisotopic (exact) mass is 198 g/mol. The molecule has 2 nitrogen and oxygen atoms in total. The first-order chi connectivity index (χ1) is 5.87. The molecule has 0 aliphatic carbocycles. The molecule has 0 aromatic carbocycles. The maximum absolute atomic E-state index is 12.0. The second kappa shape index (κ2) is 5.44. The zero-order chi connectivity index (χ0) is 10.5. The second-order valence-corrected chi connectivity index (χ2v) is 3.28. The highest BCUT2D eigenvalue weighted by Crippen LogP contribution is 2.17. The van der Waals surface area contributed by atoms with Crippen molar-refractivity contribution in [3.63, 3.8) is 0 Å². The molecule has 0 rings (SSSR count). The van der Waals surface area contributed by atoms with Gasteiger partial charge in [0.15, 0.2) is 0 Å². The number of hydrogen-bond donors (Lipinski definition) is 1. The molecule has 0 heterocycles. The minimum Gasteiger partial charge on any atom is -0.318 e. The number of alkyl halides is 3. The van der Waals surface area contributed by atoms with E-state index >= 15 is 0 Å². The molecular weight excluding hydrogens is 181 g/mol. The minimum absolute atomic E-state index is 0.0741. The summed E-state index contributed by atoms with van der Waals surface area (Å²) < 4.78 is 36.1. The summed E-state index contributed by atoms with van der Waals surface area (Å²) in [5.41, 5.74) is 0. The van der Waals surface area contributed by atoms with E-state index < -0.39 is 12.7 Å². The van der Waals surface area contributed by atoms with Gasteiger partial charge in [0.05, 0.1) is 6.54 Å². The topological polar surface area (TPSA) is 15.3 Å². The summed E-state index contributed by atoms with van der Waals surface area (Å²) in [6.07, 6.45) is -4.10. The van der Waals surface area contributed by atoms with Gasteiger partial charge in [-0.25, -0.2) is 0 Å². The standard InChI is InChI=1S/C8H17F3N2/c1-7(2)13(5-4-12-3)6-8(9,10)11/h7,12H,4-6H2,1-3H3. The van der Waals surface area contributed by atoms with E-state index in [1.54, 1.807) is 20.9 Å². The summed E-state index contributed by atoms with van der Waals surface area (Å²) in [4.78, 5) is 1.40. The zero-order valence-corrected chi connectivity index (χ0v) is 8.28. The fraction of sp³-hybridized carbons (Fsp3) is 1.00. The molecule has 5 heteroatoms. The van der Waals surface area contributed by atoms with E-state index in [0.29, 0.717) is 13.1 Å². The molecule has 0 saturated carbocycles. The van der Waals surface area contributed by atoms with E-state index in [-0.39, 0.29) is 6.04 Å². The van der Waals surface area contributed by atoms with Crippen LogP contribution in [0.25, 0.3) is 0 Å². The lowest BCUT2D eigenvalue weighted by Gasteiger charge is -2.27. The van der Waals surface area contributed by atoms with Crippen molar-refractivity contribution >= 4 is 0 Å². The SMILES string of the molecule is CNCCN(CC(F)(F)F)C(C)C. The maximum Gasteiger partial charge on any atom is 0.401 e. The van der Waals surface area contributed by atoms with Gasteiger partial charge in [-0.15, -0.1) is 0 Å². The molecule has 0 bridgehead atoms. The third-order valence-electron chi connectivity index (χ3n) is 1.76. The summed E-state index contributed by atoms with van der Waals surface area (Å²) >= 11 is 0. The van der Waals surface area contributed by atoms with Crippen molar-refractivity contribution in [3.8, 4) is 0 Å². The number of likely N-dealkylation sites (N-methyl/N-ethyl adjacent to an activating group) is 1. The molecule has 0 aliphatic heterocycles. The Hall–Kier alpha value is -0.290. The van der Waals surface area contributed by atoms with Crippen molar-refractivity contribution in [2.24, 2.45) is 0 Å². The third-order valence-corrected chi connectivity index (χ3v) is 1.76. The van der Waals surface area contributed by atoms with Gasteiger partial charge < -0.3 is 5.32 Å². The van der Waals surface area contributed by atoms with E-state index in [1.165, 1.54) is 4.90 Å². The van der Waals surface area contributed by atoms with Crippen molar-refractivity contribution in [3.05, 3.63) is 0 Å². The summed E-state index contributed by atoms with van der Waals surface area (Å²) in [7, 11) is 1.73. The second-order valence-electron chi connectivity index (χ2n) is 3.28. The van der Waals surface area contributed by atoms with Crippen LogP contribution < -0.4 is 5.32 Å². The predicted octanol–water partition coefficient (Wildman–Crippen LogP) is 1.48. The highest BCUT2D eigenvalue weighted by Gasteiger charge is 2.31. The van der Waals surface area contributed by atoms with Crippen LogP contribution in [-0.4, -0.2) is 43.8 Å². The third kappa shape index (κ3) is 6.83. The van der Waals surface area contributed by atoms with Gasteiger partial charge in [-0.2, -0.15) is 13.2 Å². The van der Waals surface area contributed by atoms with Crippen molar-refractivity contribution in [2.45, 2.75) is 26.1 Å². The van der Waals surface area contributed by atoms with Crippen molar-refractivity contribution in [1.29, 1.82) is 0 Å². The number of nitrogens with one attached hydrogen (secondary N) is 1. The molecule has 0 aliphatic rings. The van der Waals surface area contributed by atoms with Gasteiger partial charge in [-0.1, -0.05) is 0 Å². The normalized spacial score (nSPS) is 12.9. The fourth-order valence-electron chi connectivity index (χ4n) is 1.01. The smallest absolute Gasteiger partial charge is 0.318 e. The van der Waals surface area contributed by atoms with Crippen LogP contribution in [0.15, 0.2) is 0 Å². The fourth-order valence-corrected chi connectivity index (χ4v) is 1.01. The summed E-state index contributed by atoms with van der Waals surface area (Å²) in [6.45, 7) is 3.71. The van der Waals surface area contributed by atoms with Gasteiger partial charge in [0.2, 0.25) is 0 Å². The van der Waals surface area contributed by atoms with Gasteiger partial charge in [-0.05, 0) is 20.9 Å². The van der Waals surface area contributed by atoms with Crippen LogP contribution >= 0.6 is 0 Å². The molecule has 0 saturated heterocycles. The molecule has 0 atom stereocenters. The quantitative estimate of drug-likeness (QED) is 0.719. The predicted molar refractivity (Wildman–Crippen MR) is 46.7 cm³/mol. The molecule has 0 spiro atoms. The Morgan fingerprint density at radius 2 is 1.85 bits per heavy atom. The van der Waals surface area contributed by atoms with Crippen LogP contribution in [0.2, 0.25) is 0 Å². The Bertz CT molecular complexity index is 134. The van der Waals surface area contributed by atoms with Crippen LogP contribution in [0.5, 0.6) is 0 Å². The van der Waals surface area contributed by atoms with E-state index in [9.17, 15) is 13.2 Å². The lowest BCUT2D eigenvalue weighted by Crippen LogP contribution is -2.42. The van der Waals surface area contributed by atoms with Crippen LogP contribution in [0.4, 0.5) is 13.2 Å². The Kier molecular flexibility index (Phi) is 5.32. The van der Waals surface area contributed by atoms with E-state index in [0.717, 1.165) is 0 Å². The molecule has 0 radical (unpaired) electrons. The largest absolute Gasteiger partial charge is 0.401 e. The van der Waals surface area contributed by atoms with Crippen LogP contribution in [0.1, 0.15) is 13.8 Å². The van der Waals surface area contributed by atoms with E-state index in [4.69, 9.17) is 0 Å². The zero-order valence-electron chi connectivity index (χ0n) is 8.28. The van der Waals surface area contributed by atoms with Gasteiger partial charge in [0, 0.05) is 19.1 Å². The van der Waals surface area contributed by atoms with Gasteiger partial charge >= 0.3 is 6.18 Å². The number of nitrogens with zero attached hydrogens (tertiary/aromatic N) is 1. The van der Waals surface area contributed by atoms with Crippen molar-refractivity contribution in [1.82, 2.24) is 10.2 Å². The van der Waals surface area contributed by atoms with Crippen LogP contribution in [-0.2, 0) is 0 Å². The van der Waals surface area contributed by atoms with Crippen molar-refractivity contribution < 1.29 is 13.2 Å². The molecule has 1 N–H and O–H groups in total. The van der Waals surface area contributed by atoms with Gasteiger partial charge in [0.1, 0.15) is 0 Å². The Labute approximate surface area is 77.1 Å². The Morgan fingerprint density at radius 1 is 1.31 bits per heavy atom. The maximum atomic E-state index is 12.0. The first-order valence-corrected chi connectivity index (χ1v) is 4.32.